The minimum absolute atomic E-state index is 0.0234. The highest BCUT2D eigenvalue weighted by Gasteiger charge is 2.31. The molecule has 0 spiro atoms. The number of aromatic nitrogens is 2. The molecule has 1 aliphatic heterocycles. The molecule has 2 heterocycles. The number of benzene rings is 1. The van der Waals surface area contributed by atoms with E-state index in [2.05, 4.69) is 9.97 Å². The van der Waals surface area contributed by atoms with Crippen LogP contribution in [-0.2, 0) is 6.54 Å². The van der Waals surface area contributed by atoms with E-state index in [1.807, 2.05) is 23.1 Å². The van der Waals surface area contributed by atoms with Crippen LogP contribution in [0.25, 0.3) is 0 Å². The molecule has 4 rings (SSSR count). The van der Waals surface area contributed by atoms with Gasteiger partial charge in [0.25, 0.3) is 5.91 Å². The van der Waals surface area contributed by atoms with E-state index in [4.69, 9.17) is 9.47 Å². The van der Waals surface area contributed by atoms with Gasteiger partial charge in [-0.15, -0.1) is 0 Å². The van der Waals surface area contributed by atoms with Crippen molar-refractivity contribution in [2.75, 3.05) is 20.3 Å². The van der Waals surface area contributed by atoms with Gasteiger partial charge < -0.3 is 14.4 Å². The van der Waals surface area contributed by atoms with Crippen LogP contribution in [0, 0.1) is 0 Å². The van der Waals surface area contributed by atoms with Gasteiger partial charge in [-0.25, -0.2) is 9.97 Å². The van der Waals surface area contributed by atoms with E-state index in [1.54, 1.807) is 13.3 Å². The summed E-state index contributed by atoms with van der Waals surface area (Å²) >= 11 is 0. The van der Waals surface area contributed by atoms with Gasteiger partial charge in [-0.05, 0) is 25.0 Å². The largest absolute Gasteiger partial charge is 0.497 e. The smallest absolute Gasteiger partial charge is 0.257 e. The molecule has 1 aromatic carbocycles. The van der Waals surface area contributed by atoms with Crippen LogP contribution in [-0.4, -0.2) is 41.0 Å². The number of rotatable bonds is 3. The lowest BCUT2D eigenvalue weighted by Gasteiger charge is -2.20. The maximum absolute atomic E-state index is 13.0. The molecule has 1 aliphatic carbocycles. The SMILES string of the molecule is COc1ccc2c(c1)OCCN(C(=O)c1cncnc1C1CC1)C2. The van der Waals surface area contributed by atoms with Crippen LogP contribution in [0.15, 0.2) is 30.7 Å². The molecule has 1 saturated carbocycles. The van der Waals surface area contributed by atoms with Crippen molar-refractivity contribution in [3.8, 4) is 11.5 Å². The highest BCUT2D eigenvalue weighted by molar-refractivity contribution is 5.95. The van der Waals surface area contributed by atoms with Gasteiger partial charge in [0.2, 0.25) is 0 Å². The van der Waals surface area contributed by atoms with Crippen LogP contribution in [0.1, 0.15) is 40.4 Å². The normalized spacial score (nSPS) is 16.8. The molecule has 1 fully saturated rings. The fourth-order valence-corrected chi connectivity index (χ4v) is 3.01. The van der Waals surface area contributed by atoms with Gasteiger partial charge in [-0.3, -0.25) is 4.79 Å². The zero-order valence-electron chi connectivity index (χ0n) is 13.6. The molecule has 24 heavy (non-hydrogen) atoms. The maximum atomic E-state index is 13.0. The number of carbonyl (C=O) groups excluding carboxylic acids is 1. The van der Waals surface area contributed by atoms with Gasteiger partial charge in [0.05, 0.1) is 24.9 Å². The third-order valence-electron chi connectivity index (χ3n) is 4.48. The predicted molar refractivity (Wildman–Crippen MR) is 87.2 cm³/mol. The number of carbonyl (C=O) groups is 1. The van der Waals surface area contributed by atoms with Gasteiger partial charge in [-0.2, -0.15) is 0 Å². The van der Waals surface area contributed by atoms with Gasteiger partial charge >= 0.3 is 0 Å². The summed E-state index contributed by atoms with van der Waals surface area (Å²) in [5.74, 6) is 1.91. The first kappa shape index (κ1) is 14.9. The highest BCUT2D eigenvalue weighted by atomic mass is 16.5. The number of hydrogen-bond acceptors (Lipinski definition) is 5. The van der Waals surface area contributed by atoms with Crippen molar-refractivity contribution in [3.63, 3.8) is 0 Å². The van der Waals surface area contributed by atoms with Crippen molar-refractivity contribution in [3.05, 3.63) is 47.5 Å². The van der Waals surface area contributed by atoms with E-state index in [0.29, 0.717) is 31.2 Å². The van der Waals surface area contributed by atoms with Gasteiger partial charge in [0.15, 0.2) is 0 Å². The Bertz CT molecular complexity index is 774. The van der Waals surface area contributed by atoms with Crippen molar-refractivity contribution in [1.29, 1.82) is 0 Å². The van der Waals surface area contributed by atoms with E-state index in [9.17, 15) is 4.79 Å². The van der Waals surface area contributed by atoms with Gasteiger partial charge in [-0.1, -0.05) is 0 Å². The third-order valence-corrected chi connectivity index (χ3v) is 4.48. The van der Waals surface area contributed by atoms with Crippen molar-refractivity contribution in [1.82, 2.24) is 14.9 Å². The summed E-state index contributed by atoms with van der Waals surface area (Å²) in [5, 5.41) is 0. The molecule has 6 heteroatoms. The number of hydrogen-bond donors (Lipinski definition) is 0. The van der Waals surface area contributed by atoms with E-state index >= 15 is 0 Å². The summed E-state index contributed by atoms with van der Waals surface area (Å²) in [6, 6.07) is 5.70. The second kappa shape index (κ2) is 6.11. The summed E-state index contributed by atoms with van der Waals surface area (Å²) in [6.45, 7) is 1.50. The Labute approximate surface area is 140 Å². The summed E-state index contributed by atoms with van der Waals surface area (Å²) < 4.78 is 11.0. The topological polar surface area (TPSA) is 64.6 Å². The third kappa shape index (κ3) is 2.79. The number of methoxy groups -OCH3 is 1. The molecule has 2 aliphatic rings. The second-order valence-electron chi connectivity index (χ2n) is 6.14. The van der Waals surface area contributed by atoms with Crippen molar-refractivity contribution in [2.24, 2.45) is 0 Å². The predicted octanol–water partition coefficient (Wildman–Crippen LogP) is 2.40. The molecule has 2 aromatic rings. The second-order valence-corrected chi connectivity index (χ2v) is 6.14. The van der Waals surface area contributed by atoms with Crippen molar-refractivity contribution in [2.45, 2.75) is 25.3 Å². The fourth-order valence-electron chi connectivity index (χ4n) is 3.01. The molecule has 0 bridgehead atoms. The average Bonchev–Trinajstić information content (AvgIpc) is 3.46. The van der Waals surface area contributed by atoms with E-state index in [0.717, 1.165) is 35.6 Å². The maximum Gasteiger partial charge on any atom is 0.257 e. The van der Waals surface area contributed by atoms with E-state index < -0.39 is 0 Å². The number of fused-ring (bicyclic) bond motifs is 1. The lowest BCUT2D eigenvalue weighted by molar-refractivity contribution is 0.0731. The average molecular weight is 325 g/mol. The summed E-state index contributed by atoms with van der Waals surface area (Å²) in [6.07, 6.45) is 5.37. The summed E-state index contributed by atoms with van der Waals surface area (Å²) in [4.78, 5) is 23.2. The Kier molecular flexibility index (Phi) is 3.80. The van der Waals surface area contributed by atoms with Crippen LogP contribution < -0.4 is 9.47 Å². The van der Waals surface area contributed by atoms with E-state index in [1.165, 1.54) is 6.33 Å². The summed E-state index contributed by atoms with van der Waals surface area (Å²) in [5.41, 5.74) is 2.48. The Hall–Kier alpha value is -2.63. The standard InChI is InChI=1S/C18H19N3O3/c1-23-14-5-4-13-10-21(6-7-24-16(13)8-14)18(22)15-9-19-11-20-17(15)12-2-3-12/h4-5,8-9,11-12H,2-3,6-7,10H2,1H3. The van der Waals surface area contributed by atoms with Crippen LogP contribution >= 0.6 is 0 Å². The van der Waals surface area contributed by atoms with E-state index in [-0.39, 0.29) is 5.91 Å². The monoisotopic (exact) mass is 325 g/mol. The molecular weight excluding hydrogens is 306 g/mol. The van der Waals surface area contributed by atoms with Crippen LogP contribution in [0.5, 0.6) is 11.5 Å². The molecule has 124 valence electrons. The molecular formula is C18H19N3O3. The number of amides is 1. The van der Waals surface area contributed by atoms with Crippen LogP contribution in [0.2, 0.25) is 0 Å². The molecule has 0 radical (unpaired) electrons. The number of ether oxygens (including phenoxy) is 2. The summed E-state index contributed by atoms with van der Waals surface area (Å²) in [7, 11) is 1.63. The molecule has 1 amide bonds. The minimum atomic E-state index is -0.0234. The van der Waals surface area contributed by atoms with Crippen LogP contribution in [0.4, 0.5) is 0 Å². The quantitative estimate of drug-likeness (QED) is 0.867. The first-order chi connectivity index (χ1) is 11.8. The van der Waals surface area contributed by atoms with Gasteiger partial charge in [0.1, 0.15) is 24.4 Å². The highest BCUT2D eigenvalue weighted by Crippen LogP contribution is 2.40. The lowest BCUT2D eigenvalue weighted by Crippen LogP contribution is -2.33. The minimum Gasteiger partial charge on any atom is -0.497 e. The molecule has 6 nitrogen and oxygen atoms in total. The molecule has 0 unspecified atom stereocenters. The first-order valence-electron chi connectivity index (χ1n) is 8.15. The lowest BCUT2D eigenvalue weighted by atomic mass is 10.1. The zero-order chi connectivity index (χ0) is 16.5. The Morgan fingerprint density at radius 2 is 2.25 bits per heavy atom. The molecule has 0 atom stereocenters. The zero-order valence-corrected chi connectivity index (χ0v) is 13.6. The fraction of sp³-hybridized carbons (Fsp3) is 0.389. The molecule has 0 N–H and O–H groups in total. The van der Waals surface area contributed by atoms with Crippen molar-refractivity contribution >= 4 is 5.91 Å². The van der Waals surface area contributed by atoms with Gasteiger partial charge in [0, 0.05) is 30.3 Å². The number of nitrogens with zero attached hydrogens (tertiary/aromatic N) is 3. The Morgan fingerprint density at radius 3 is 3.04 bits per heavy atom. The Balaban J connectivity index is 1.61. The molecule has 1 aromatic heterocycles. The first-order valence-corrected chi connectivity index (χ1v) is 8.15. The van der Waals surface area contributed by atoms with Crippen LogP contribution in [0.3, 0.4) is 0 Å². The molecule has 0 saturated heterocycles. The Morgan fingerprint density at radius 1 is 1.38 bits per heavy atom. The van der Waals surface area contributed by atoms with Crippen molar-refractivity contribution < 1.29 is 14.3 Å².